The van der Waals surface area contributed by atoms with E-state index in [2.05, 4.69) is 5.32 Å². The molecule has 1 amide bonds. The number of rotatable bonds is 5. The second-order valence-corrected chi connectivity index (χ2v) is 5.64. The Morgan fingerprint density at radius 1 is 1.41 bits per heavy atom. The van der Waals surface area contributed by atoms with Crippen LogP contribution in [0.15, 0.2) is 0 Å². The SMILES string of the molecule is O=C(O)C1CSCCN1C(=O)CCNC1CC1. The first-order valence-electron chi connectivity index (χ1n) is 6.02. The molecule has 0 bridgehead atoms. The number of carbonyl (C=O) groups is 2. The third kappa shape index (κ3) is 3.61. The summed E-state index contributed by atoms with van der Waals surface area (Å²) in [5.74, 6) is 0.425. The summed E-state index contributed by atoms with van der Waals surface area (Å²) in [7, 11) is 0. The number of carboxylic acids is 1. The van der Waals surface area contributed by atoms with Crippen molar-refractivity contribution in [1.82, 2.24) is 10.2 Å². The lowest BCUT2D eigenvalue weighted by Gasteiger charge is -2.32. The Labute approximate surface area is 105 Å². The molecule has 0 aromatic heterocycles. The van der Waals surface area contributed by atoms with Crippen molar-refractivity contribution in [3.63, 3.8) is 0 Å². The predicted octanol–water partition coefficient (Wildman–Crippen LogP) is 0.157. The molecule has 1 heterocycles. The zero-order chi connectivity index (χ0) is 12.3. The summed E-state index contributed by atoms with van der Waals surface area (Å²) in [5.41, 5.74) is 0. The molecule has 0 aromatic carbocycles. The first kappa shape index (κ1) is 12.7. The number of hydrogen-bond acceptors (Lipinski definition) is 4. The van der Waals surface area contributed by atoms with Crippen LogP contribution in [0.3, 0.4) is 0 Å². The van der Waals surface area contributed by atoms with Crippen LogP contribution in [0.2, 0.25) is 0 Å². The Kier molecular flexibility index (Phi) is 4.28. The summed E-state index contributed by atoms with van der Waals surface area (Å²) >= 11 is 1.60. The van der Waals surface area contributed by atoms with Crippen LogP contribution < -0.4 is 5.32 Å². The van der Waals surface area contributed by atoms with Crippen molar-refractivity contribution < 1.29 is 14.7 Å². The minimum Gasteiger partial charge on any atom is -0.480 e. The highest BCUT2D eigenvalue weighted by Gasteiger charge is 2.32. The van der Waals surface area contributed by atoms with Gasteiger partial charge in [0.2, 0.25) is 5.91 Å². The van der Waals surface area contributed by atoms with E-state index in [-0.39, 0.29) is 5.91 Å². The van der Waals surface area contributed by atoms with Crippen LogP contribution in [0.4, 0.5) is 0 Å². The minimum atomic E-state index is -0.888. The molecule has 0 radical (unpaired) electrons. The van der Waals surface area contributed by atoms with Gasteiger partial charge in [-0.15, -0.1) is 0 Å². The second kappa shape index (κ2) is 5.73. The first-order valence-corrected chi connectivity index (χ1v) is 7.17. The molecule has 2 rings (SSSR count). The van der Waals surface area contributed by atoms with E-state index in [4.69, 9.17) is 5.11 Å². The maximum atomic E-state index is 11.9. The highest BCUT2D eigenvalue weighted by Crippen LogP contribution is 2.19. The fraction of sp³-hybridized carbons (Fsp3) is 0.818. The number of carbonyl (C=O) groups excluding carboxylic acids is 1. The molecule has 1 atom stereocenters. The third-order valence-electron chi connectivity index (χ3n) is 3.08. The van der Waals surface area contributed by atoms with Gasteiger partial charge in [-0.2, -0.15) is 11.8 Å². The van der Waals surface area contributed by atoms with Gasteiger partial charge in [0.25, 0.3) is 0 Å². The molecule has 1 saturated carbocycles. The first-order chi connectivity index (χ1) is 8.18. The van der Waals surface area contributed by atoms with E-state index >= 15 is 0 Å². The number of nitrogens with zero attached hydrogens (tertiary/aromatic N) is 1. The van der Waals surface area contributed by atoms with Crippen molar-refractivity contribution >= 4 is 23.6 Å². The third-order valence-corrected chi connectivity index (χ3v) is 4.11. The molecule has 17 heavy (non-hydrogen) atoms. The van der Waals surface area contributed by atoms with E-state index in [0.717, 1.165) is 5.75 Å². The highest BCUT2D eigenvalue weighted by molar-refractivity contribution is 7.99. The summed E-state index contributed by atoms with van der Waals surface area (Å²) < 4.78 is 0. The largest absolute Gasteiger partial charge is 0.480 e. The Balaban J connectivity index is 1.79. The van der Waals surface area contributed by atoms with E-state index < -0.39 is 12.0 Å². The van der Waals surface area contributed by atoms with Crippen LogP contribution in [0, 0.1) is 0 Å². The van der Waals surface area contributed by atoms with E-state index in [1.54, 1.807) is 11.8 Å². The maximum absolute atomic E-state index is 11.9. The van der Waals surface area contributed by atoms with Gasteiger partial charge in [0.15, 0.2) is 0 Å². The van der Waals surface area contributed by atoms with Crippen molar-refractivity contribution in [2.45, 2.75) is 31.3 Å². The smallest absolute Gasteiger partial charge is 0.327 e. The average Bonchev–Trinajstić information content (AvgIpc) is 3.13. The van der Waals surface area contributed by atoms with E-state index in [0.29, 0.717) is 31.3 Å². The van der Waals surface area contributed by atoms with E-state index in [9.17, 15) is 9.59 Å². The number of aliphatic carboxylic acids is 1. The van der Waals surface area contributed by atoms with Crippen molar-refractivity contribution in [2.24, 2.45) is 0 Å². The molecule has 1 aliphatic heterocycles. The van der Waals surface area contributed by atoms with Gasteiger partial charge < -0.3 is 15.3 Å². The lowest BCUT2D eigenvalue weighted by Crippen LogP contribution is -2.50. The fourth-order valence-corrected chi connectivity index (χ4v) is 2.96. The van der Waals surface area contributed by atoms with Crippen LogP contribution in [-0.4, -0.2) is 58.6 Å². The summed E-state index contributed by atoms with van der Waals surface area (Å²) in [6, 6.07) is -0.0443. The summed E-state index contributed by atoms with van der Waals surface area (Å²) in [6.07, 6.45) is 2.81. The molecule has 1 unspecified atom stereocenters. The number of hydrogen-bond donors (Lipinski definition) is 2. The van der Waals surface area contributed by atoms with Gasteiger partial charge in [-0.25, -0.2) is 4.79 Å². The Hall–Kier alpha value is -0.750. The predicted molar refractivity (Wildman–Crippen MR) is 66.1 cm³/mol. The van der Waals surface area contributed by atoms with Crippen molar-refractivity contribution in [3.05, 3.63) is 0 Å². The monoisotopic (exact) mass is 258 g/mol. The van der Waals surface area contributed by atoms with E-state index in [1.165, 1.54) is 17.7 Å². The molecule has 2 N–H and O–H groups in total. The van der Waals surface area contributed by atoms with Crippen LogP contribution in [0.1, 0.15) is 19.3 Å². The lowest BCUT2D eigenvalue weighted by atomic mass is 10.2. The maximum Gasteiger partial charge on any atom is 0.327 e. The van der Waals surface area contributed by atoms with Crippen LogP contribution >= 0.6 is 11.8 Å². The number of nitrogens with one attached hydrogen (secondary N) is 1. The number of amides is 1. The van der Waals surface area contributed by atoms with Crippen molar-refractivity contribution in [1.29, 1.82) is 0 Å². The van der Waals surface area contributed by atoms with Gasteiger partial charge in [0, 0.05) is 37.1 Å². The van der Waals surface area contributed by atoms with Gasteiger partial charge in [-0.3, -0.25) is 4.79 Å². The van der Waals surface area contributed by atoms with Gasteiger partial charge in [-0.05, 0) is 12.8 Å². The molecule has 1 aliphatic carbocycles. The summed E-state index contributed by atoms with van der Waals surface area (Å²) in [6.45, 7) is 1.23. The molecule has 0 spiro atoms. The topological polar surface area (TPSA) is 69.6 Å². The quantitative estimate of drug-likeness (QED) is 0.735. The van der Waals surface area contributed by atoms with Gasteiger partial charge >= 0.3 is 5.97 Å². The van der Waals surface area contributed by atoms with Gasteiger partial charge in [0.05, 0.1) is 0 Å². The standard InChI is InChI=1S/C11H18N2O3S/c14-10(3-4-12-8-1-2-8)13-5-6-17-7-9(13)11(15)16/h8-9,12H,1-7H2,(H,15,16). The molecule has 2 aliphatic rings. The second-order valence-electron chi connectivity index (χ2n) is 4.49. The Bertz CT molecular complexity index is 307. The van der Waals surface area contributed by atoms with Crippen molar-refractivity contribution in [3.8, 4) is 0 Å². The molecule has 6 heteroatoms. The zero-order valence-electron chi connectivity index (χ0n) is 9.72. The fourth-order valence-electron chi connectivity index (χ4n) is 1.92. The van der Waals surface area contributed by atoms with Crippen LogP contribution in [0.5, 0.6) is 0 Å². The molecule has 2 fully saturated rings. The van der Waals surface area contributed by atoms with Crippen LogP contribution in [0.25, 0.3) is 0 Å². The van der Waals surface area contributed by atoms with Gasteiger partial charge in [0.1, 0.15) is 6.04 Å². The molecule has 96 valence electrons. The van der Waals surface area contributed by atoms with E-state index in [1.807, 2.05) is 0 Å². The summed E-state index contributed by atoms with van der Waals surface area (Å²) in [5, 5.41) is 12.3. The molecule has 5 nitrogen and oxygen atoms in total. The molecular formula is C11H18N2O3S. The lowest BCUT2D eigenvalue weighted by molar-refractivity contribution is -0.149. The molecule has 0 aromatic rings. The Morgan fingerprint density at radius 3 is 2.82 bits per heavy atom. The molecular weight excluding hydrogens is 240 g/mol. The minimum absolute atomic E-state index is 0.0362. The molecule has 1 saturated heterocycles. The normalized spacial score (nSPS) is 24.7. The van der Waals surface area contributed by atoms with Crippen molar-refractivity contribution in [2.75, 3.05) is 24.6 Å². The number of carboxylic acid groups (broad SMARTS) is 1. The number of thioether (sulfide) groups is 1. The zero-order valence-corrected chi connectivity index (χ0v) is 10.5. The Morgan fingerprint density at radius 2 is 2.18 bits per heavy atom. The highest BCUT2D eigenvalue weighted by atomic mass is 32.2. The van der Waals surface area contributed by atoms with Crippen LogP contribution in [-0.2, 0) is 9.59 Å². The van der Waals surface area contributed by atoms with Gasteiger partial charge in [-0.1, -0.05) is 0 Å². The summed E-state index contributed by atoms with van der Waals surface area (Å²) in [4.78, 5) is 24.5. The average molecular weight is 258 g/mol.